The molecule has 0 aromatic heterocycles. The van der Waals surface area contributed by atoms with Gasteiger partial charge in [0, 0.05) is 12.2 Å². The Morgan fingerprint density at radius 2 is 1.81 bits per heavy atom. The lowest BCUT2D eigenvalue weighted by Crippen LogP contribution is -2.08. The fraction of sp³-hybridized carbons (Fsp3) is 0.286. The lowest BCUT2D eigenvalue weighted by molar-refractivity contribution is 0.874. The number of fused-ring (bicyclic) bond motifs is 1. The Morgan fingerprint density at radius 3 is 2.62 bits per heavy atom. The van der Waals surface area contributed by atoms with E-state index < -0.39 is 0 Å². The minimum absolute atomic E-state index is 0.736. The number of rotatable bonds is 4. The molecule has 84 valence electrons. The average Bonchev–Trinajstić information content (AvgIpc) is 2.29. The van der Waals surface area contributed by atoms with Gasteiger partial charge in [-0.2, -0.15) is 0 Å². The van der Waals surface area contributed by atoms with Crippen molar-refractivity contribution in [2.75, 3.05) is 18.4 Å². The maximum atomic E-state index is 5.46. The molecular formula is C14H18N2. The van der Waals surface area contributed by atoms with Gasteiger partial charge in [-0.25, -0.2) is 0 Å². The van der Waals surface area contributed by atoms with Gasteiger partial charge >= 0.3 is 0 Å². The molecule has 16 heavy (non-hydrogen) atoms. The maximum absolute atomic E-state index is 5.46. The first-order valence-electron chi connectivity index (χ1n) is 5.74. The van der Waals surface area contributed by atoms with E-state index in [9.17, 15) is 0 Å². The molecule has 2 aromatic rings. The third-order valence-corrected chi connectivity index (χ3v) is 2.71. The van der Waals surface area contributed by atoms with Crippen molar-refractivity contribution < 1.29 is 0 Å². The predicted octanol–water partition coefficient (Wildman–Crippen LogP) is 2.91. The van der Waals surface area contributed by atoms with Crippen molar-refractivity contribution in [3.8, 4) is 0 Å². The quantitative estimate of drug-likeness (QED) is 0.768. The summed E-state index contributed by atoms with van der Waals surface area (Å²) in [6.07, 6.45) is 1.01. The van der Waals surface area contributed by atoms with E-state index in [2.05, 4.69) is 48.6 Å². The van der Waals surface area contributed by atoms with Gasteiger partial charge in [0.2, 0.25) is 0 Å². The van der Waals surface area contributed by atoms with Crippen molar-refractivity contribution in [2.24, 2.45) is 5.73 Å². The minimum Gasteiger partial charge on any atom is -0.385 e. The molecule has 2 heteroatoms. The molecule has 0 aliphatic rings. The number of nitrogens with one attached hydrogen (secondary N) is 1. The van der Waals surface area contributed by atoms with E-state index in [1.165, 1.54) is 22.0 Å². The second-order valence-corrected chi connectivity index (χ2v) is 4.13. The molecule has 2 aromatic carbocycles. The number of anilines is 1. The number of hydrogen-bond donors (Lipinski definition) is 2. The molecule has 0 fully saturated rings. The van der Waals surface area contributed by atoms with Crippen molar-refractivity contribution in [3.05, 3.63) is 42.0 Å². The molecule has 0 saturated carbocycles. The van der Waals surface area contributed by atoms with Crippen LogP contribution < -0.4 is 11.1 Å². The summed E-state index contributed by atoms with van der Waals surface area (Å²) in [6, 6.07) is 13.0. The highest BCUT2D eigenvalue weighted by Gasteiger charge is 1.96. The first kappa shape index (κ1) is 11.0. The van der Waals surface area contributed by atoms with Gasteiger partial charge in [0.1, 0.15) is 0 Å². The molecule has 0 aliphatic carbocycles. The number of benzene rings is 2. The van der Waals surface area contributed by atoms with Crippen LogP contribution in [0.3, 0.4) is 0 Å². The molecule has 2 nitrogen and oxygen atoms in total. The summed E-state index contributed by atoms with van der Waals surface area (Å²) in [4.78, 5) is 0. The topological polar surface area (TPSA) is 38.0 Å². The van der Waals surface area contributed by atoms with E-state index in [0.717, 1.165) is 19.5 Å². The van der Waals surface area contributed by atoms with Crippen molar-refractivity contribution in [2.45, 2.75) is 13.3 Å². The van der Waals surface area contributed by atoms with Crippen LogP contribution in [0.4, 0.5) is 5.69 Å². The maximum Gasteiger partial charge on any atom is 0.0346 e. The van der Waals surface area contributed by atoms with Crippen LogP contribution in [0.5, 0.6) is 0 Å². The summed E-state index contributed by atoms with van der Waals surface area (Å²) in [7, 11) is 0. The summed E-state index contributed by atoms with van der Waals surface area (Å²) >= 11 is 0. The highest BCUT2D eigenvalue weighted by molar-refractivity contribution is 5.86. The van der Waals surface area contributed by atoms with Gasteiger partial charge in [0.25, 0.3) is 0 Å². The third-order valence-electron chi connectivity index (χ3n) is 2.71. The Morgan fingerprint density at radius 1 is 1.06 bits per heavy atom. The van der Waals surface area contributed by atoms with Gasteiger partial charge in [0.15, 0.2) is 0 Å². The van der Waals surface area contributed by atoms with Gasteiger partial charge in [-0.15, -0.1) is 0 Å². The zero-order valence-electron chi connectivity index (χ0n) is 9.66. The summed E-state index contributed by atoms with van der Waals surface area (Å²) in [5.41, 5.74) is 7.93. The van der Waals surface area contributed by atoms with Gasteiger partial charge in [-0.1, -0.05) is 29.8 Å². The van der Waals surface area contributed by atoms with E-state index in [4.69, 9.17) is 5.73 Å². The SMILES string of the molecule is Cc1ccc2cc(NCCCN)ccc2c1. The second kappa shape index (κ2) is 4.99. The van der Waals surface area contributed by atoms with Crippen LogP contribution in [-0.2, 0) is 0 Å². The van der Waals surface area contributed by atoms with Crippen molar-refractivity contribution in [3.63, 3.8) is 0 Å². The molecule has 0 saturated heterocycles. The summed E-state index contributed by atoms with van der Waals surface area (Å²) < 4.78 is 0. The van der Waals surface area contributed by atoms with Crippen LogP contribution in [0.2, 0.25) is 0 Å². The number of nitrogens with two attached hydrogens (primary N) is 1. The Kier molecular flexibility index (Phi) is 3.42. The lowest BCUT2D eigenvalue weighted by Gasteiger charge is -2.07. The van der Waals surface area contributed by atoms with E-state index in [0.29, 0.717) is 0 Å². The van der Waals surface area contributed by atoms with Crippen LogP contribution >= 0.6 is 0 Å². The average molecular weight is 214 g/mol. The van der Waals surface area contributed by atoms with Gasteiger partial charge in [-0.05, 0) is 42.8 Å². The molecular weight excluding hydrogens is 196 g/mol. The second-order valence-electron chi connectivity index (χ2n) is 4.13. The molecule has 0 atom stereocenters. The van der Waals surface area contributed by atoms with E-state index >= 15 is 0 Å². The first-order valence-corrected chi connectivity index (χ1v) is 5.74. The molecule has 2 rings (SSSR count). The van der Waals surface area contributed by atoms with Gasteiger partial charge in [-0.3, -0.25) is 0 Å². The summed E-state index contributed by atoms with van der Waals surface area (Å²) in [5.74, 6) is 0. The van der Waals surface area contributed by atoms with Crippen LogP contribution in [0.15, 0.2) is 36.4 Å². The lowest BCUT2D eigenvalue weighted by atomic mass is 10.1. The third kappa shape index (κ3) is 2.52. The standard InChI is InChI=1S/C14H18N2/c1-11-3-4-13-10-14(16-8-2-7-15)6-5-12(13)9-11/h3-6,9-10,16H,2,7-8,15H2,1H3. The molecule has 0 spiro atoms. The van der Waals surface area contributed by atoms with Crippen LogP contribution in [0, 0.1) is 6.92 Å². The minimum atomic E-state index is 0.736. The molecule has 0 heterocycles. The van der Waals surface area contributed by atoms with Crippen molar-refractivity contribution in [1.29, 1.82) is 0 Å². The molecule has 0 bridgehead atoms. The van der Waals surface area contributed by atoms with Gasteiger partial charge in [0.05, 0.1) is 0 Å². The van der Waals surface area contributed by atoms with Crippen LogP contribution in [0.1, 0.15) is 12.0 Å². The largest absolute Gasteiger partial charge is 0.385 e. The highest BCUT2D eigenvalue weighted by atomic mass is 14.9. The monoisotopic (exact) mass is 214 g/mol. The number of aryl methyl sites for hydroxylation is 1. The highest BCUT2D eigenvalue weighted by Crippen LogP contribution is 2.20. The summed E-state index contributed by atoms with van der Waals surface area (Å²) in [5, 5.41) is 5.95. The van der Waals surface area contributed by atoms with Crippen molar-refractivity contribution >= 4 is 16.5 Å². The predicted molar refractivity (Wildman–Crippen MR) is 70.8 cm³/mol. The molecule has 0 aliphatic heterocycles. The van der Waals surface area contributed by atoms with E-state index in [-0.39, 0.29) is 0 Å². The Hall–Kier alpha value is -1.54. The van der Waals surface area contributed by atoms with E-state index in [1.807, 2.05) is 0 Å². The number of hydrogen-bond acceptors (Lipinski definition) is 2. The van der Waals surface area contributed by atoms with Gasteiger partial charge < -0.3 is 11.1 Å². The summed E-state index contributed by atoms with van der Waals surface area (Å²) in [6.45, 7) is 3.79. The normalized spacial score (nSPS) is 10.6. The Labute approximate surface area is 96.5 Å². The van der Waals surface area contributed by atoms with Crippen molar-refractivity contribution in [1.82, 2.24) is 0 Å². The molecule has 0 amide bonds. The van der Waals surface area contributed by atoms with Crippen LogP contribution in [0.25, 0.3) is 10.8 Å². The Bertz CT molecular complexity index is 477. The zero-order chi connectivity index (χ0) is 11.4. The molecule has 3 N–H and O–H groups in total. The smallest absolute Gasteiger partial charge is 0.0346 e. The molecule has 0 unspecified atom stereocenters. The fourth-order valence-electron chi connectivity index (χ4n) is 1.81. The van der Waals surface area contributed by atoms with Crippen LogP contribution in [-0.4, -0.2) is 13.1 Å². The Balaban J connectivity index is 2.20. The molecule has 0 radical (unpaired) electrons. The first-order chi connectivity index (χ1) is 7.79. The van der Waals surface area contributed by atoms with E-state index in [1.54, 1.807) is 0 Å². The fourth-order valence-corrected chi connectivity index (χ4v) is 1.81. The zero-order valence-corrected chi connectivity index (χ0v) is 9.66.